The van der Waals surface area contributed by atoms with Crippen molar-refractivity contribution in [1.29, 1.82) is 0 Å². The van der Waals surface area contributed by atoms with Crippen LogP contribution in [0.25, 0.3) is 10.1 Å². The molecule has 5 nitrogen and oxygen atoms in total. The van der Waals surface area contributed by atoms with Crippen LogP contribution in [-0.4, -0.2) is 66.2 Å². The van der Waals surface area contributed by atoms with Gasteiger partial charge < -0.3 is 10.0 Å². The molecule has 1 saturated heterocycles. The lowest BCUT2D eigenvalue weighted by atomic mass is 9.99. The number of likely N-dealkylation sites (N-methyl/N-ethyl adjacent to an activating group) is 1. The molecule has 2 heterocycles. The topological polar surface area (TPSA) is 46.8 Å². The zero-order valence-electron chi connectivity index (χ0n) is 15.1. The smallest absolute Gasteiger partial charge is 0.312 e. The predicted molar refractivity (Wildman–Crippen MR) is 103 cm³/mol. The minimum absolute atomic E-state index is 0.307. The molecule has 0 amide bonds. The summed E-state index contributed by atoms with van der Waals surface area (Å²) in [5, 5.41) is 12.0. The Kier molecular flexibility index (Phi) is 5.64. The zero-order valence-corrected chi connectivity index (χ0v) is 15.9. The molecule has 3 rings (SSSR count). The Morgan fingerprint density at radius 2 is 2.16 bits per heavy atom. The molecule has 1 aliphatic heterocycles. The molecule has 134 valence electrons. The Morgan fingerprint density at radius 3 is 2.88 bits per heavy atom. The molecule has 0 bridgehead atoms. The molecule has 1 aromatic heterocycles. The van der Waals surface area contributed by atoms with Crippen molar-refractivity contribution in [2.45, 2.75) is 13.2 Å². The lowest BCUT2D eigenvalue weighted by molar-refractivity contribution is -0.472. The van der Waals surface area contributed by atoms with E-state index in [1.807, 2.05) is 42.1 Å². The van der Waals surface area contributed by atoms with E-state index in [2.05, 4.69) is 25.1 Å². The minimum atomic E-state index is -0.552. The molecule has 2 aromatic rings. The van der Waals surface area contributed by atoms with E-state index in [9.17, 15) is 10.0 Å². The van der Waals surface area contributed by atoms with Gasteiger partial charge in [-0.3, -0.25) is 4.90 Å². The Hall–Kier alpha value is -1.60. The molecule has 25 heavy (non-hydrogen) atoms. The van der Waals surface area contributed by atoms with Crippen LogP contribution in [0.5, 0.6) is 0 Å². The molecule has 1 N–H and O–H groups in total. The highest BCUT2D eigenvalue weighted by molar-refractivity contribution is 7.22. The Bertz CT molecular complexity index is 778. The number of thiophene rings is 1. The molecule has 0 saturated carbocycles. The Balaban J connectivity index is 1.50. The van der Waals surface area contributed by atoms with Crippen molar-refractivity contribution in [3.63, 3.8) is 0 Å². The average Bonchev–Trinajstić information content (AvgIpc) is 2.92. The van der Waals surface area contributed by atoms with Crippen LogP contribution in [0.4, 0.5) is 5.00 Å². The lowest BCUT2D eigenvalue weighted by Gasteiger charge is -2.39. The van der Waals surface area contributed by atoms with Crippen LogP contribution in [0.15, 0.2) is 36.4 Å². The molecule has 1 atom stereocenters. The number of aryl methyl sites for hydroxylation is 1. The highest BCUT2D eigenvalue weighted by Crippen LogP contribution is 2.33. The summed E-state index contributed by atoms with van der Waals surface area (Å²) in [6.07, 6.45) is 3.24. The standard InChI is InChI=1S/C19H26N3O2S/c1-14-6-7-16-10-19(25-17(16)9-14)22(24)13-15-11-21(12-15)18(23)5-4-8-20(2)3/h4-7,9-10,15,18,23H,8,11-13H2,1-3H3/q+1/b5-4+. The lowest BCUT2D eigenvalue weighted by Crippen LogP contribution is -2.53. The SMILES string of the molecule is Cc1ccc2cc([N+](=O)CC3CN(C(O)/C=C/CN(C)C)C3)sc2c1. The molecule has 1 aromatic carbocycles. The van der Waals surface area contributed by atoms with Crippen LogP contribution in [0.1, 0.15) is 5.56 Å². The number of hydrogen-bond acceptors (Lipinski definition) is 5. The molecule has 0 aliphatic carbocycles. The van der Waals surface area contributed by atoms with Gasteiger partial charge in [-0.15, -0.1) is 0 Å². The van der Waals surface area contributed by atoms with Crippen LogP contribution in [-0.2, 0) is 0 Å². The number of likely N-dealkylation sites (tertiary alicyclic amines) is 1. The van der Waals surface area contributed by atoms with Gasteiger partial charge in [-0.2, -0.15) is 0 Å². The van der Waals surface area contributed by atoms with Crippen molar-refractivity contribution in [3.05, 3.63) is 46.9 Å². The predicted octanol–water partition coefficient (Wildman–Crippen LogP) is 2.99. The quantitative estimate of drug-likeness (QED) is 0.609. The number of nitrogens with zero attached hydrogens (tertiary/aromatic N) is 3. The first kappa shape index (κ1) is 18.2. The van der Waals surface area contributed by atoms with Gasteiger partial charge in [-0.25, -0.2) is 0 Å². The Morgan fingerprint density at radius 1 is 1.40 bits per heavy atom. The summed E-state index contributed by atoms with van der Waals surface area (Å²) in [5.41, 5.74) is 1.21. The fraction of sp³-hybridized carbons (Fsp3) is 0.474. The highest BCUT2D eigenvalue weighted by Gasteiger charge is 2.35. The van der Waals surface area contributed by atoms with Gasteiger partial charge in [0.15, 0.2) is 0 Å². The second kappa shape index (κ2) is 7.74. The molecular formula is C19H26N3O2S+. The fourth-order valence-corrected chi connectivity index (χ4v) is 4.11. The first-order chi connectivity index (χ1) is 11.9. The molecule has 0 spiro atoms. The third-order valence-corrected chi connectivity index (χ3v) is 5.57. The van der Waals surface area contributed by atoms with Crippen molar-refractivity contribution >= 4 is 26.4 Å². The van der Waals surface area contributed by atoms with Crippen LogP contribution >= 0.6 is 11.3 Å². The number of rotatable bonds is 7. The fourth-order valence-electron chi connectivity index (χ4n) is 3.03. The monoisotopic (exact) mass is 360 g/mol. The molecule has 1 aliphatic rings. The third kappa shape index (κ3) is 4.52. The second-order valence-electron chi connectivity index (χ2n) is 7.11. The number of aliphatic hydroxyl groups excluding tert-OH is 1. The van der Waals surface area contributed by atoms with Gasteiger partial charge in [0.05, 0.1) is 0 Å². The first-order valence-corrected chi connectivity index (χ1v) is 9.42. The minimum Gasteiger partial charge on any atom is -0.375 e. The van der Waals surface area contributed by atoms with Crippen molar-refractivity contribution in [2.24, 2.45) is 5.92 Å². The molecule has 0 radical (unpaired) electrons. The third-order valence-electron chi connectivity index (χ3n) is 4.47. The van der Waals surface area contributed by atoms with E-state index in [1.54, 1.807) is 11.3 Å². The maximum Gasteiger partial charge on any atom is 0.312 e. The van der Waals surface area contributed by atoms with Gasteiger partial charge in [0, 0.05) is 46.0 Å². The summed E-state index contributed by atoms with van der Waals surface area (Å²) in [6, 6.07) is 8.24. The van der Waals surface area contributed by atoms with Gasteiger partial charge in [-0.05, 0) is 44.1 Å². The summed E-state index contributed by atoms with van der Waals surface area (Å²) in [6.45, 7) is 4.88. The van der Waals surface area contributed by atoms with Crippen molar-refractivity contribution in [3.8, 4) is 0 Å². The molecule has 6 heteroatoms. The highest BCUT2D eigenvalue weighted by atomic mass is 32.1. The van der Waals surface area contributed by atoms with E-state index in [0.29, 0.717) is 12.5 Å². The summed E-state index contributed by atoms with van der Waals surface area (Å²) >= 11 is 1.55. The Labute approximate surface area is 152 Å². The van der Waals surface area contributed by atoms with Gasteiger partial charge in [0.1, 0.15) is 6.23 Å². The van der Waals surface area contributed by atoms with E-state index in [1.165, 1.54) is 5.56 Å². The largest absolute Gasteiger partial charge is 0.375 e. The zero-order chi connectivity index (χ0) is 18.0. The average molecular weight is 361 g/mol. The van der Waals surface area contributed by atoms with Crippen LogP contribution in [0, 0.1) is 17.7 Å². The van der Waals surface area contributed by atoms with Gasteiger partial charge in [0.25, 0.3) is 0 Å². The van der Waals surface area contributed by atoms with Gasteiger partial charge in [-0.1, -0.05) is 29.5 Å². The van der Waals surface area contributed by atoms with E-state index in [-0.39, 0.29) is 0 Å². The molecule has 1 fully saturated rings. The maximum absolute atomic E-state index is 12.5. The second-order valence-corrected chi connectivity index (χ2v) is 8.17. The van der Waals surface area contributed by atoms with Crippen LogP contribution in [0.3, 0.4) is 0 Å². The number of aliphatic hydroxyl groups is 1. The summed E-state index contributed by atoms with van der Waals surface area (Å²) in [7, 11) is 3.99. The van der Waals surface area contributed by atoms with E-state index in [0.717, 1.165) is 39.5 Å². The number of benzene rings is 1. The summed E-state index contributed by atoms with van der Waals surface area (Å²) < 4.78 is 2.27. The molecule has 1 unspecified atom stereocenters. The van der Waals surface area contributed by atoms with Gasteiger partial charge in [0.2, 0.25) is 6.54 Å². The van der Waals surface area contributed by atoms with E-state index in [4.69, 9.17) is 0 Å². The van der Waals surface area contributed by atoms with Crippen molar-refractivity contribution in [1.82, 2.24) is 9.80 Å². The number of fused-ring (bicyclic) bond motifs is 1. The van der Waals surface area contributed by atoms with E-state index < -0.39 is 6.23 Å². The van der Waals surface area contributed by atoms with Gasteiger partial charge >= 0.3 is 5.00 Å². The normalized spacial score (nSPS) is 17.5. The van der Waals surface area contributed by atoms with Crippen molar-refractivity contribution in [2.75, 3.05) is 40.3 Å². The summed E-state index contributed by atoms with van der Waals surface area (Å²) in [4.78, 5) is 16.5. The first-order valence-electron chi connectivity index (χ1n) is 8.61. The van der Waals surface area contributed by atoms with Crippen molar-refractivity contribution < 1.29 is 9.87 Å². The molecular weight excluding hydrogens is 334 g/mol. The van der Waals surface area contributed by atoms with Crippen LogP contribution < -0.4 is 0 Å². The number of hydrogen-bond donors (Lipinski definition) is 1. The number of nitroso groups, excluding NO2 is 1. The van der Waals surface area contributed by atoms with E-state index >= 15 is 0 Å². The summed E-state index contributed by atoms with van der Waals surface area (Å²) in [5.74, 6) is 0.307. The maximum atomic E-state index is 12.5. The van der Waals surface area contributed by atoms with Crippen LogP contribution in [0.2, 0.25) is 0 Å².